The largest absolute Gasteiger partial charge is 0.497 e. The van der Waals surface area contributed by atoms with Crippen LogP contribution in [0, 0.1) is 0 Å². The first-order valence-electron chi connectivity index (χ1n) is 12.9. The highest BCUT2D eigenvalue weighted by Gasteiger charge is 2.26. The predicted octanol–water partition coefficient (Wildman–Crippen LogP) is 5.08. The summed E-state index contributed by atoms with van der Waals surface area (Å²) >= 11 is 0. The number of benzene rings is 2. The average molecular weight is 506 g/mol. The van der Waals surface area contributed by atoms with Crippen molar-refractivity contribution in [3.8, 4) is 22.8 Å². The molecule has 1 aromatic heterocycles. The quantitative estimate of drug-likeness (QED) is 0.335. The summed E-state index contributed by atoms with van der Waals surface area (Å²) in [5.74, 6) is 2.16. The number of hydrogen-bond acceptors (Lipinski definition) is 5. The van der Waals surface area contributed by atoms with Crippen LogP contribution in [0.3, 0.4) is 0 Å². The SMILES string of the molecule is CCCCNC(=O)Nc1ccccc1OCCCn1cc(-c2ccc(OC)cc2)nc1N1CCCC1=O. The third-order valence-electron chi connectivity index (χ3n) is 6.21. The summed E-state index contributed by atoms with van der Waals surface area (Å²) in [6.45, 7) is 4.47. The summed E-state index contributed by atoms with van der Waals surface area (Å²) < 4.78 is 13.3. The third kappa shape index (κ3) is 6.81. The molecule has 9 heteroatoms. The van der Waals surface area contributed by atoms with Gasteiger partial charge >= 0.3 is 6.03 Å². The van der Waals surface area contributed by atoms with Crippen molar-refractivity contribution >= 4 is 23.6 Å². The van der Waals surface area contributed by atoms with E-state index < -0.39 is 0 Å². The van der Waals surface area contributed by atoms with Crippen LogP contribution in [0.4, 0.5) is 16.4 Å². The summed E-state index contributed by atoms with van der Waals surface area (Å²) in [6.07, 6.45) is 6.02. The highest BCUT2D eigenvalue weighted by Crippen LogP contribution is 2.28. The second kappa shape index (κ2) is 12.8. The van der Waals surface area contributed by atoms with Crippen LogP contribution in [0.25, 0.3) is 11.3 Å². The van der Waals surface area contributed by atoms with Crippen molar-refractivity contribution in [2.45, 2.75) is 45.6 Å². The van der Waals surface area contributed by atoms with Crippen LogP contribution in [0.1, 0.15) is 39.0 Å². The number of imidazole rings is 1. The van der Waals surface area contributed by atoms with Crippen molar-refractivity contribution in [2.75, 3.05) is 37.0 Å². The minimum atomic E-state index is -0.242. The molecule has 196 valence electrons. The first-order valence-corrected chi connectivity index (χ1v) is 12.9. The van der Waals surface area contributed by atoms with Gasteiger partial charge < -0.3 is 24.7 Å². The number of carbonyl (C=O) groups excluding carboxylic acids is 2. The van der Waals surface area contributed by atoms with E-state index >= 15 is 0 Å². The Kier molecular flexibility index (Phi) is 9.02. The maximum Gasteiger partial charge on any atom is 0.319 e. The van der Waals surface area contributed by atoms with E-state index in [2.05, 4.69) is 17.6 Å². The molecule has 1 aliphatic rings. The Hall–Kier alpha value is -4.01. The molecule has 2 N–H and O–H groups in total. The summed E-state index contributed by atoms with van der Waals surface area (Å²) in [6, 6.07) is 14.9. The molecule has 37 heavy (non-hydrogen) atoms. The lowest BCUT2D eigenvalue weighted by Crippen LogP contribution is -2.29. The molecule has 1 fully saturated rings. The van der Waals surface area contributed by atoms with Crippen LogP contribution in [-0.4, -0.2) is 48.3 Å². The van der Waals surface area contributed by atoms with Crippen LogP contribution >= 0.6 is 0 Å². The molecule has 9 nitrogen and oxygen atoms in total. The molecule has 0 aliphatic carbocycles. The molecule has 1 saturated heterocycles. The van der Waals surface area contributed by atoms with Gasteiger partial charge in [-0.25, -0.2) is 9.78 Å². The van der Waals surface area contributed by atoms with Gasteiger partial charge in [-0.05, 0) is 55.7 Å². The number of unbranched alkanes of at least 4 members (excludes halogenated alkanes) is 1. The van der Waals surface area contributed by atoms with Gasteiger partial charge in [0.05, 0.1) is 25.1 Å². The molecule has 4 rings (SSSR count). The summed E-state index contributed by atoms with van der Waals surface area (Å²) in [7, 11) is 1.64. The van der Waals surface area contributed by atoms with Gasteiger partial charge in [-0.3, -0.25) is 9.69 Å². The molecule has 0 unspecified atom stereocenters. The minimum Gasteiger partial charge on any atom is -0.497 e. The topological polar surface area (TPSA) is 97.7 Å². The Morgan fingerprint density at radius 3 is 2.65 bits per heavy atom. The van der Waals surface area contributed by atoms with Crippen molar-refractivity contribution in [2.24, 2.45) is 0 Å². The molecule has 0 spiro atoms. The zero-order chi connectivity index (χ0) is 26.0. The number of para-hydroxylation sites is 2. The summed E-state index contributed by atoms with van der Waals surface area (Å²) in [5, 5.41) is 5.72. The Labute approximate surface area is 217 Å². The zero-order valence-corrected chi connectivity index (χ0v) is 21.5. The number of urea groups is 1. The molecule has 3 aromatic rings. The van der Waals surface area contributed by atoms with Gasteiger partial charge in [0.1, 0.15) is 11.5 Å². The van der Waals surface area contributed by atoms with Gasteiger partial charge in [0, 0.05) is 37.8 Å². The van der Waals surface area contributed by atoms with E-state index in [0.29, 0.717) is 56.5 Å². The molecule has 3 amide bonds. The molecule has 0 atom stereocenters. The minimum absolute atomic E-state index is 0.0987. The van der Waals surface area contributed by atoms with Crippen molar-refractivity contribution < 1.29 is 19.1 Å². The smallest absolute Gasteiger partial charge is 0.319 e. The Morgan fingerprint density at radius 2 is 1.92 bits per heavy atom. The number of rotatable bonds is 12. The van der Waals surface area contributed by atoms with E-state index in [-0.39, 0.29) is 11.9 Å². The van der Waals surface area contributed by atoms with E-state index in [4.69, 9.17) is 14.5 Å². The Balaban J connectivity index is 1.40. The first kappa shape index (κ1) is 26.1. The number of methoxy groups -OCH3 is 1. The average Bonchev–Trinajstić information content (AvgIpc) is 3.53. The number of ether oxygens (including phenoxy) is 2. The number of nitrogens with one attached hydrogen (secondary N) is 2. The number of amides is 3. The predicted molar refractivity (Wildman–Crippen MR) is 144 cm³/mol. The lowest BCUT2D eigenvalue weighted by Gasteiger charge is -2.17. The normalized spacial score (nSPS) is 13.0. The fraction of sp³-hybridized carbons (Fsp3) is 0.393. The van der Waals surface area contributed by atoms with E-state index in [1.807, 2.05) is 59.3 Å². The molecule has 1 aliphatic heterocycles. The molecular formula is C28H35N5O4. The van der Waals surface area contributed by atoms with Gasteiger partial charge in [0.25, 0.3) is 0 Å². The lowest BCUT2D eigenvalue weighted by atomic mass is 10.2. The van der Waals surface area contributed by atoms with Crippen LogP contribution in [0.5, 0.6) is 11.5 Å². The van der Waals surface area contributed by atoms with E-state index in [0.717, 1.165) is 36.3 Å². The zero-order valence-electron chi connectivity index (χ0n) is 21.5. The van der Waals surface area contributed by atoms with Crippen molar-refractivity contribution in [1.29, 1.82) is 0 Å². The highest BCUT2D eigenvalue weighted by molar-refractivity contribution is 5.94. The molecule has 2 aromatic carbocycles. The van der Waals surface area contributed by atoms with E-state index in [9.17, 15) is 9.59 Å². The van der Waals surface area contributed by atoms with E-state index in [1.165, 1.54) is 0 Å². The standard InChI is InChI=1S/C28H35N5O4/c1-3-4-16-29-27(35)30-23-9-5-6-10-25(23)37-19-8-17-32-20-24(21-12-14-22(36-2)15-13-21)31-28(32)33-18-7-11-26(33)34/h5-6,9-10,12-15,20H,3-4,7-8,11,16-19H2,1-2H3,(H2,29,30,35). The molecule has 0 bridgehead atoms. The number of hydrogen-bond donors (Lipinski definition) is 2. The van der Waals surface area contributed by atoms with Crippen LogP contribution in [-0.2, 0) is 11.3 Å². The van der Waals surface area contributed by atoms with Gasteiger partial charge in [-0.2, -0.15) is 0 Å². The monoisotopic (exact) mass is 505 g/mol. The van der Waals surface area contributed by atoms with E-state index in [1.54, 1.807) is 12.0 Å². The number of aromatic nitrogens is 2. The fourth-order valence-electron chi connectivity index (χ4n) is 4.20. The Morgan fingerprint density at radius 1 is 1.11 bits per heavy atom. The number of nitrogens with zero attached hydrogens (tertiary/aromatic N) is 3. The van der Waals surface area contributed by atoms with Gasteiger partial charge in [-0.15, -0.1) is 0 Å². The van der Waals surface area contributed by atoms with Crippen LogP contribution < -0.4 is 25.0 Å². The third-order valence-corrected chi connectivity index (χ3v) is 6.21. The lowest BCUT2D eigenvalue weighted by molar-refractivity contribution is -0.117. The second-order valence-electron chi connectivity index (χ2n) is 8.93. The van der Waals surface area contributed by atoms with Gasteiger partial charge in [0.15, 0.2) is 0 Å². The first-order chi connectivity index (χ1) is 18.1. The van der Waals surface area contributed by atoms with Crippen molar-refractivity contribution in [3.05, 3.63) is 54.7 Å². The van der Waals surface area contributed by atoms with Gasteiger partial charge in [-0.1, -0.05) is 25.5 Å². The number of anilines is 2. The summed E-state index contributed by atoms with van der Waals surface area (Å²) in [4.78, 5) is 31.2. The molecule has 0 saturated carbocycles. The molecular weight excluding hydrogens is 470 g/mol. The number of carbonyl (C=O) groups is 2. The molecule has 2 heterocycles. The Bertz CT molecular complexity index is 1190. The highest BCUT2D eigenvalue weighted by atomic mass is 16.5. The van der Waals surface area contributed by atoms with Crippen LogP contribution in [0.2, 0.25) is 0 Å². The fourth-order valence-corrected chi connectivity index (χ4v) is 4.20. The summed E-state index contributed by atoms with van der Waals surface area (Å²) in [5.41, 5.74) is 2.40. The van der Waals surface area contributed by atoms with Gasteiger partial charge in [0.2, 0.25) is 11.9 Å². The second-order valence-corrected chi connectivity index (χ2v) is 8.93. The van der Waals surface area contributed by atoms with Crippen molar-refractivity contribution in [3.63, 3.8) is 0 Å². The number of aryl methyl sites for hydroxylation is 1. The maximum absolute atomic E-state index is 12.5. The van der Waals surface area contributed by atoms with Crippen molar-refractivity contribution in [1.82, 2.24) is 14.9 Å². The molecule has 0 radical (unpaired) electrons. The maximum atomic E-state index is 12.5. The van der Waals surface area contributed by atoms with Crippen LogP contribution in [0.15, 0.2) is 54.7 Å².